The summed E-state index contributed by atoms with van der Waals surface area (Å²) >= 11 is 5.83. The van der Waals surface area contributed by atoms with Crippen LogP contribution >= 0.6 is 11.6 Å². The highest BCUT2D eigenvalue weighted by molar-refractivity contribution is 6.30. The molecule has 0 spiro atoms. The van der Waals surface area contributed by atoms with Crippen molar-refractivity contribution < 1.29 is 9.13 Å². The van der Waals surface area contributed by atoms with E-state index in [1.165, 1.54) is 0 Å². The van der Waals surface area contributed by atoms with Gasteiger partial charge in [-0.25, -0.2) is 4.39 Å². The van der Waals surface area contributed by atoms with Crippen LogP contribution in [0.15, 0.2) is 18.2 Å². The predicted octanol–water partition coefficient (Wildman–Crippen LogP) is 3.57. The van der Waals surface area contributed by atoms with Crippen molar-refractivity contribution in [2.45, 2.75) is 44.8 Å². The minimum absolute atomic E-state index is 0.162. The first-order valence-electron chi connectivity index (χ1n) is 7.00. The fraction of sp³-hybridized carbons (Fsp3) is 0.600. The van der Waals surface area contributed by atoms with Gasteiger partial charge >= 0.3 is 0 Å². The van der Waals surface area contributed by atoms with Crippen molar-refractivity contribution in [3.63, 3.8) is 0 Å². The van der Waals surface area contributed by atoms with Crippen molar-refractivity contribution in [2.75, 3.05) is 13.2 Å². The molecule has 1 aromatic carbocycles. The Morgan fingerprint density at radius 2 is 2.37 bits per heavy atom. The van der Waals surface area contributed by atoms with Gasteiger partial charge in [0.1, 0.15) is 5.82 Å². The third kappa shape index (κ3) is 3.91. The summed E-state index contributed by atoms with van der Waals surface area (Å²) in [5, 5.41) is 3.67. The Bertz CT molecular complexity index is 407. The summed E-state index contributed by atoms with van der Waals surface area (Å²) < 4.78 is 19.7. The molecule has 1 saturated heterocycles. The van der Waals surface area contributed by atoms with Crippen LogP contribution in [-0.2, 0) is 11.2 Å². The Balaban J connectivity index is 2.07. The SMILES string of the molecule is CCCNC(Cc1cccc(Cl)c1F)C1CCCO1. The van der Waals surface area contributed by atoms with Crippen molar-refractivity contribution in [3.8, 4) is 0 Å². The second-order valence-electron chi connectivity index (χ2n) is 5.03. The molecule has 0 aliphatic carbocycles. The highest BCUT2D eigenvalue weighted by Crippen LogP contribution is 2.23. The Morgan fingerprint density at radius 1 is 1.53 bits per heavy atom. The lowest BCUT2D eigenvalue weighted by atomic mass is 9.99. The van der Waals surface area contributed by atoms with E-state index in [1.54, 1.807) is 18.2 Å². The van der Waals surface area contributed by atoms with Crippen molar-refractivity contribution in [3.05, 3.63) is 34.6 Å². The first-order chi connectivity index (χ1) is 9.22. The quantitative estimate of drug-likeness (QED) is 0.863. The van der Waals surface area contributed by atoms with E-state index in [1.807, 2.05) is 0 Å². The second-order valence-corrected chi connectivity index (χ2v) is 5.44. The van der Waals surface area contributed by atoms with Gasteiger partial charge in [-0.3, -0.25) is 0 Å². The average molecular weight is 286 g/mol. The maximum Gasteiger partial charge on any atom is 0.145 e. The minimum atomic E-state index is -0.300. The molecule has 2 unspecified atom stereocenters. The highest BCUT2D eigenvalue weighted by atomic mass is 35.5. The van der Waals surface area contributed by atoms with Crippen LogP contribution in [0.25, 0.3) is 0 Å². The van der Waals surface area contributed by atoms with E-state index in [0.29, 0.717) is 12.0 Å². The van der Waals surface area contributed by atoms with E-state index >= 15 is 0 Å². The molecular weight excluding hydrogens is 265 g/mol. The molecule has 2 rings (SSSR count). The fourth-order valence-electron chi connectivity index (χ4n) is 2.53. The lowest BCUT2D eigenvalue weighted by molar-refractivity contribution is 0.0781. The lowest BCUT2D eigenvalue weighted by Crippen LogP contribution is -2.41. The van der Waals surface area contributed by atoms with Gasteiger partial charge in [0.15, 0.2) is 0 Å². The van der Waals surface area contributed by atoms with E-state index in [9.17, 15) is 4.39 Å². The summed E-state index contributed by atoms with van der Waals surface area (Å²) in [6, 6.07) is 5.35. The van der Waals surface area contributed by atoms with Crippen LogP contribution in [0.2, 0.25) is 5.02 Å². The number of rotatable bonds is 6. The van der Waals surface area contributed by atoms with Crippen LogP contribution in [0.5, 0.6) is 0 Å². The fourth-order valence-corrected chi connectivity index (χ4v) is 2.72. The molecule has 4 heteroatoms. The van der Waals surface area contributed by atoms with Gasteiger partial charge in [-0.1, -0.05) is 30.7 Å². The van der Waals surface area contributed by atoms with Gasteiger partial charge < -0.3 is 10.1 Å². The summed E-state index contributed by atoms with van der Waals surface area (Å²) in [6.07, 6.45) is 4.00. The standard InChI is InChI=1S/C15H21ClFNO/c1-2-8-18-13(14-7-4-9-19-14)10-11-5-3-6-12(16)15(11)17/h3,5-6,13-14,18H,2,4,7-10H2,1H3. The lowest BCUT2D eigenvalue weighted by Gasteiger charge is -2.24. The van der Waals surface area contributed by atoms with Gasteiger partial charge in [-0.2, -0.15) is 0 Å². The number of benzene rings is 1. The maximum absolute atomic E-state index is 14.0. The monoisotopic (exact) mass is 285 g/mol. The van der Waals surface area contributed by atoms with Crippen LogP contribution in [0.3, 0.4) is 0 Å². The van der Waals surface area contributed by atoms with Crippen molar-refractivity contribution in [1.29, 1.82) is 0 Å². The molecule has 0 amide bonds. The normalized spacial score (nSPS) is 20.7. The van der Waals surface area contributed by atoms with Crippen molar-refractivity contribution >= 4 is 11.6 Å². The molecule has 1 aliphatic heterocycles. The van der Waals surface area contributed by atoms with Crippen LogP contribution in [0.1, 0.15) is 31.7 Å². The largest absolute Gasteiger partial charge is 0.377 e. The summed E-state index contributed by atoms with van der Waals surface area (Å²) in [5.41, 5.74) is 0.664. The summed E-state index contributed by atoms with van der Waals surface area (Å²) in [5.74, 6) is -0.300. The zero-order valence-corrected chi connectivity index (χ0v) is 12.0. The van der Waals surface area contributed by atoms with E-state index < -0.39 is 0 Å². The smallest absolute Gasteiger partial charge is 0.145 e. The number of halogens is 2. The third-order valence-electron chi connectivity index (χ3n) is 3.54. The van der Waals surface area contributed by atoms with E-state index in [-0.39, 0.29) is 23.0 Å². The molecule has 2 atom stereocenters. The third-order valence-corrected chi connectivity index (χ3v) is 3.83. The van der Waals surface area contributed by atoms with Gasteiger partial charge in [-0.05, 0) is 43.9 Å². The Morgan fingerprint density at radius 3 is 3.05 bits per heavy atom. The number of ether oxygens (including phenoxy) is 1. The van der Waals surface area contributed by atoms with E-state index in [4.69, 9.17) is 16.3 Å². The van der Waals surface area contributed by atoms with Crippen molar-refractivity contribution in [1.82, 2.24) is 5.32 Å². The van der Waals surface area contributed by atoms with Gasteiger partial charge in [0.25, 0.3) is 0 Å². The average Bonchev–Trinajstić information content (AvgIpc) is 2.93. The molecule has 1 aromatic rings. The maximum atomic E-state index is 14.0. The minimum Gasteiger partial charge on any atom is -0.377 e. The topological polar surface area (TPSA) is 21.3 Å². The van der Waals surface area contributed by atoms with Gasteiger partial charge in [0, 0.05) is 12.6 Å². The molecule has 106 valence electrons. The van der Waals surface area contributed by atoms with Gasteiger partial charge in [0.2, 0.25) is 0 Å². The first-order valence-corrected chi connectivity index (χ1v) is 7.38. The van der Waals surface area contributed by atoms with E-state index in [0.717, 1.165) is 32.4 Å². The molecule has 19 heavy (non-hydrogen) atoms. The number of nitrogens with one attached hydrogen (secondary N) is 1. The summed E-state index contributed by atoms with van der Waals surface area (Å²) in [4.78, 5) is 0. The van der Waals surface area contributed by atoms with Gasteiger partial charge in [0.05, 0.1) is 11.1 Å². The van der Waals surface area contributed by atoms with Gasteiger partial charge in [-0.15, -0.1) is 0 Å². The molecule has 1 N–H and O–H groups in total. The van der Waals surface area contributed by atoms with Crippen LogP contribution in [0.4, 0.5) is 4.39 Å². The van der Waals surface area contributed by atoms with Crippen LogP contribution < -0.4 is 5.32 Å². The number of hydrogen-bond acceptors (Lipinski definition) is 2. The van der Waals surface area contributed by atoms with Crippen LogP contribution in [0, 0.1) is 5.82 Å². The zero-order valence-electron chi connectivity index (χ0n) is 11.3. The molecular formula is C15H21ClFNO. The highest BCUT2D eigenvalue weighted by Gasteiger charge is 2.26. The van der Waals surface area contributed by atoms with E-state index in [2.05, 4.69) is 12.2 Å². The second kappa shape index (κ2) is 7.22. The van der Waals surface area contributed by atoms with Crippen LogP contribution in [-0.4, -0.2) is 25.3 Å². The first kappa shape index (κ1) is 14.8. The summed E-state index contributed by atoms with van der Waals surface area (Å²) in [7, 11) is 0. The predicted molar refractivity (Wildman–Crippen MR) is 76.2 cm³/mol. The molecule has 1 fully saturated rings. The Hall–Kier alpha value is -0.640. The molecule has 0 radical (unpaired) electrons. The molecule has 0 aromatic heterocycles. The van der Waals surface area contributed by atoms with Crippen molar-refractivity contribution in [2.24, 2.45) is 0 Å². The number of hydrogen-bond donors (Lipinski definition) is 1. The Kier molecular flexibility index (Phi) is 5.61. The zero-order chi connectivity index (χ0) is 13.7. The molecule has 0 bridgehead atoms. The Labute approximate surface area is 119 Å². The summed E-state index contributed by atoms with van der Waals surface area (Å²) in [6.45, 7) is 3.86. The molecule has 1 aliphatic rings. The molecule has 0 saturated carbocycles. The molecule has 1 heterocycles. The molecule has 2 nitrogen and oxygen atoms in total.